The van der Waals surface area contributed by atoms with Crippen molar-refractivity contribution in [2.75, 3.05) is 12.3 Å². The second-order valence-corrected chi connectivity index (χ2v) is 10.7. The Morgan fingerprint density at radius 3 is 2.48 bits per heavy atom. The Hall–Kier alpha value is -2.03. The highest BCUT2D eigenvalue weighted by Crippen LogP contribution is 2.34. The van der Waals surface area contributed by atoms with E-state index in [-0.39, 0.29) is 5.75 Å². The van der Waals surface area contributed by atoms with Gasteiger partial charge in [0.25, 0.3) is 0 Å². The first-order chi connectivity index (χ1) is 13.9. The minimum Gasteiger partial charge on any atom is -0.223 e. The first kappa shape index (κ1) is 20.3. The van der Waals surface area contributed by atoms with E-state index in [4.69, 9.17) is 0 Å². The van der Waals surface area contributed by atoms with Gasteiger partial charge >= 0.3 is 0 Å². The molecule has 3 aromatic carbocycles. The van der Waals surface area contributed by atoms with Crippen molar-refractivity contribution < 1.29 is 8.42 Å². The molecule has 1 heterocycles. The van der Waals surface area contributed by atoms with Crippen molar-refractivity contribution in [3.63, 3.8) is 0 Å². The number of rotatable bonds is 6. The van der Waals surface area contributed by atoms with Crippen molar-refractivity contribution in [2.45, 2.75) is 22.5 Å². The summed E-state index contributed by atoms with van der Waals surface area (Å²) in [5, 5.41) is 13.6. The first-order valence-corrected chi connectivity index (χ1v) is 12.4. The summed E-state index contributed by atoms with van der Waals surface area (Å²) in [6.45, 7) is 2.60. The van der Waals surface area contributed by atoms with Crippen molar-refractivity contribution in [3.8, 4) is 0 Å². The number of benzene rings is 3. The molecule has 1 aliphatic heterocycles. The van der Waals surface area contributed by atoms with Crippen LogP contribution in [0.3, 0.4) is 0 Å². The summed E-state index contributed by atoms with van der Waals surface area (Å²) in [7, 11) is -3.47. The van der Waals surface area contributed by atoms with E-state index < -0.39 is 9.84 Å². The predicted molar refractivity (Wildman–Crippen MR) is 122 cm³/mol. The molecule has 0 aliphatic carbocycles. The summed E-state index contributed by atoms with van der Waals surface area (Å²) >= 11 is 5.00. The lowest BCUT2D eigenvalue weighted by atomic mass is 10.0. The molecule has 4 rings (SSSR count). The smallest absolute Gasteiger partial charge is 0.182 e. The Kier molecular flexibility index (Phi) is 5.85. The number of aryl methyl sites for hydroxylation is 1. The van der Waals surface area contributed by atoms with Crippen LogP contribution in [0.15, 0.2) is 84.3 Å². The molecule has 0 fully saturated rings. The molecule has 0 radical (unpaired) electrons. The third kappa shape index (κ3) is 4.44. The molecule has 0 bridgehead atoms. The van der Waals surface area contributed by atoms with E-state index in [1.165, 1.54) is 0 Å². The van der Waals surface area contributed by atoms with Crippen LogP contribution < -0.4 is 0 Å². The van der Waals surface area contributed by atoms with E-state index >= 15 is 0 Å². The number of hydrogen-bond acceptors (Lipinski definition) is 6. The Morgan fingerprint density at radius 1 is 1.07 bits per heavy atom. The zero-order valence-corrected chi connectivity index (χ0v) is 18.9. The lowest BCUT2D eigenvalue weighted by Crippen LogP contribution is -2.07. The maximum absolute atomic E-state index is 13.1. The lowest BCUT2D eigenvalue weighted by Gasteiger charge is -2.14. The van der Waals surface area contributed by atoms with Gasteiger partial charge in [-0.15, -0.1) is 16.9 Å². The molecule has 8 heteroatoms. The second kappa shape index (κ2) is 8.38. The third-order valence-corrected chi connectivity index (χ3v) is 8.19. The third-order valence-electron chi connectivity index (χ3n) is 4.77. The standard InChI is InChI=1S/C21H18BrN3O2S2/c1-14-19-4-2-3-5-20(19)15(10-21(14)28-12-17-11-23-25-24-17)13-29(26,27)18-8-6-16(22)7-9-18/h2-10H,11-13H2,1H3. The molecule has 148 valence electrons. The molecule has 0 saturated carbocycles. The average Bonchev–Trinajstić information content (AvgIpc) is 3.23. The van der Waals surface area contributed by atoms with Crippen molar-refractivity contribution in [1.82, 2.24) is 0 Å². The minimum absolute atomic E-state index is 0.0470. The molecule has 29 heavy (non-hydrogen) atoms. The van der Waals surface area contributed by atoms with E-state index in [2.05, 4.69) is 38.3 Å². The molecular formula is C21H18BrN3O2S2. The van der Waals surface area contributed by atoms with Crippen LogP contribution in [-0.2, 0) is 15.6 Å². The largest absolute Gasteiger partial charge is 0.223 e. The van der Waals surface area contributed by atoms with Crippen LogP contribution in [0.1, 0.15) is 11.1 Å². The molecule has 0 amide bonds. The van der Waals surface area contributed by atoms with Crippen LogP contribution >= 0.6 is 27.7 Å². The molecule has 0 saturated heterocycles. The summed E-state index contributed by atoms with van der Waals surface area (Å²) < 4.78 is 27.0. The highest BCUT2D eigenvalue weighted by Gasteiger charge is 2.19. The topological polar surface area (TPSA) is 71.2 Å². The predicted octanol–water partition coefficient (Wildman–Crippen LogP) is 5.80. The maximum Gasteiger partial charge on any atom is 0.182 e. The molecule has 3 aromatic rings. The lowest BCUT2D eigenvalue weighted by molar-refractivity contribution is 0.595. The molecule has 5 nitrogen and oxygen atoms in total. The Labute approximate surface area is 182 Å². The van der Waals surface area contributed by atoms with Gasteiger partial charge in [-0.2, -0.15) is 5.11 Å². The number of hydrogen-bond donors (Lipinski definition) is 0. The monoisotopic (exact) mass is 487 g/mol. The molecule has 1 aliphatic rings. The summed E-state index contributed by atoms with van der Waals surface area (Å²) in [5.41, 5.74) is 2.87. The number of fused-ring (bicyclic) bond motifs is 1. The van der Waals surface area contributed by atoms with E-state index in [0.717, 1.165) is 37.0 Å². The summed E-state index contributed by atoms with van der Waals surface area (Å²) in [4.78, 5) is 1.38. The van der Waals surface area contributed by atoms with E-state index in [9.17, 15) is 8.42 Å². The fraction of sp³-hybridized carbons (Fsp3) is 0.190. The van der Waals surface area contributed by atoms with Gasteiger partial charge in [0.15, 0.2) is 9.84 Å². The van der Waals surface area contributed by atoms with E-state index in [1.54, 1.807) is 36.0 Å². The zero-order valence-electron chi connectivity index (χ0n) is 15.7. The molecular weight excluding hydrogens is 470 g/mol. The van der Waals surface area contributed by atoms with Crippen LogP contribution in [0.25, 0.3) is 10.8 Å². The fourth-order valence-electron chi connectivity index (χ4n) is 3.24. The molecule has 0 spiro atoms. The van der Waals surface area contributed by atoms with Crippen LogP contribution in [0.5, 0.6) is 0 Å². The van der Waals surface area contributed by atoms with Gasteiger partial charge in [-0.05, 0) is 64.4 Å². The Balaban J connectivity index is 1.72. The van der Waals surface area contributed by atoms with Gasteiger partial charge in [-0.25, -0.2) is 8.42 Å². The number of nitrogens with zero attached hydrogens (tertiary/aromatic N) is 3. The van der Waals surface area contributed by atoms with Crippen LogP contribution in [0.4, 0.5) is 0 Å². The van der Waals surface area contributed by atoms with Gasteiger partial charge in [0.2, 0.25) is 0 Å². The van der Waals surface area contributed by atoms with E-state index in [0.29, 0.717) is 17.2 Å². The van der Waals surface area contributed by atoms with Crippen LogP contribution in [0.2, 0.25) is 0 Å². The van der Waals surface area contributed by atoms with Gasteiger partial charge in [0.1, 0.15) is 6.54 Å². The number of thioether (sulfide) groups is 1. The van der Waals surface area contributed by atoms with Gasteiger partial charge < -0.3 is 0 Å². The summed E-state index contributed by atoms with van der Waals surface area (Å²) in [5.74, 6) is 0.639. The molecule has 0 N–H and O–H groups in total. The zero-order chi connectivity index (χ0) is 20.4. The van der Waals surface area contributed by atoms with Gasteiger partial charge in [0, 0.05) is 15.1 Å². The number of halogens is 1. The van der Waals surface area contributed by atoms with Gasteiger partial charge in [0.05, 0.1) is 16.4 Å². The maximum atomic E-state index is 13.1. The van der Waals surface area contributed by atoms with Crippen LogP contribution in [0, 0.1) is 6.92 Å². The Bertz CT molecular complexity index is 1240. The van der Waals surface area contributed by atoms with Gasteiger partial charge in [-0.1, -0.05) is 40.2 Å². The van der Waals surface area contributed by atoms with E-state index in [1.807, 2.05) is 30.3 Å². The number of sulfone groups is 1. The SMILES string of the molecule is Cc1c(SCC2=NN=NC2)cc(CS(=O)(=O)c2ccc(Br)cc2)c2ccccc12. The minimum atomic E-state index is -3.47. The van der Waals surface area contributed by atoms with Crippen molar-refractivity contribution in [2.24, 2.45) is 15.4 Å². The second-order valence-electron chi connectivity index (χ2n) is 6.76. The van der Waals surface area contributed by atoms with Crippen molar-refractivity contribution in [1.29, 1.82) is 0 Å². The normalized spacial score (nSPS) is 13.8. The quantitative estimate of drug-likeness (QED) is 0.412. The Morgan fingerprint density at radius 2 is 1.79 bits per heavy atom. The summed E-state index contributed by atoms with van der Waals surface area (Å²) in [6.07, 6.45) is 0. The average molecular weight is 488 g/mol. The summed E-state index contributed by atoms with van der Waals surface area (Å²) in [6, 6.07) is 16.7. The highest BCUT2D eigenvalue weighted by atomic mass is 79.9. The van der Waals surface area contributed by atoms with Crippen molar-refractivity contribution in [3.05, 3.63) is 70.2 Å². The van der Waals surface area contributed by atoms with Crippen LogP contribution in [-0.4, -0.2) is 26.4 Å². The first-order valence-electron chi connectivity index (χ1n) is 8.98. The van der Waals surface area contributed by atoms with Gasteiger partial charge in [-0.3, -0.25) is 0 Å². The highest BCUT2D eigenvalue weighted by molar-refractivity contribution is 9.10. The molecule has 0 unspecified atom stereocenters. The molecule has 0 aromatic heterocycles. The molecule has 0 atom stereocenters. The van der Waals surface area contributed by atoms with Crippen molar-refractivity contribution >= 4 is 54.0 Å². The fourth-order valence-corrected chi connectivity index (χ4v) is 5.89.